The lowest BCUT2D eigenvalue weighted by atomic mass is 10.1. The van der Waals surface area contributed by atoms with E-state index in [1.807, 2.05) is 12.1 Å². The SMILES string of the molecule is COC(=O)c1ccc(CCc2nc(Br)cc(Br)c2O)cc1. The van der Waals surface area contributed by atoms with Crippen LogP contribution in [0.1, 0.15) is 21.6 Å². The van der Waals surface area contributed by atoms with Gasteiger partial charge in [0.1, 0.15) is 4.60 Å². The minimum absolute atomic E-state index is 0.157. The monoisotopic (exact) mass is 413 g/mol. The quantitative estimate of drug-likeness (QED) is 0.609. The Bertz CT molecular complexity index is 657. The number of aromatic nitrogens is 1. The number of halogens is 2. The summed E-state index contributed by atoms with van der Waals surface area (Å²) < 4.78 is 5.94. The first-order valence-corrected chi connectivity index (χ1v) is 7.81. The van der Waals surface area contributed by atoms with E-state index in [1.54, 1.807) is 18.2 Å². The number of esters is 1. The number of methoxy groups -OCH3 is 1. The minimum Gasteiger partial charge on any atom is -0.505 e. The fourth-order valence-corrected chi connectivity index (χ4v) is 3.08. The molecule has 0 unspecified atom stereocenters. The van der Waals surface area contributed by atoms with Gasteiger partial charge in [-0.3, -0.25) is 0 Å². The third kappa shape index (κ3) is 4.04. The van der Waals surface area contributed by atoms with Crippen LogP contribution < -0.4 is 0 Å². The van der Waals surface area contributed by atoms with Gasteiger partial charge in [-0.15, -0.1) is 0 Å². The zero-order chi connectivity index (χ0) is 15.4. The normalized spacial score (nSPS) is 10.4. The molecule has 0 saturated heterocycles. The summed E-state index contributed by atoms with van der Waals surface area (Å²) in [6.07, 6.45) is 1.31. The molecule has 1 aromatic heterocycles. The number of hydrogen-bond donors (Lipinski definition) is 1. The van der Waals surface area contributed by atoms with Crippen LogP contribution in [-0.2, 0) is 17.6 Å². The Hall–Kier alpha value is -1.40. The van der Waals surface area contributed by atoms with Crippen LogP contribution >= 0.6 is 31.9 Å². The summed E-state index contributed by atoms with van der Waals surface area (Å²) in [7, 11) is 1.36. The molecule has 4 nitrogen and oxygen atoms in total. The molecule has 0 aliphatic rings. The molecule has 2 aromatic rings. The van der Waals surface area contributed by atoms with Gasteiger partial charge < -0.3 is 9.84 Å². The maximum atomic E-state index is 11.3. The molecular weight excluding hydrogens is 402 g/mol. The molecule has 0 amide bonds. The van der Waals surface area contributed by atoms with Crippen LogP contribution in [-0.4, -0.2) is 23.2 Å². The number of benzene rings is 1. The van der Waals surface area contributed by atoms with Gasteiger partial charge in [0.2, 0.25) is 0 Å². The number of carbonyl (C=O) groups is 1. The fraction of sp³-hybridized carbons (Fsp3) is 0.200. The molecule has 0 atom stereocenters. The van der Waals surface area contributed by atoms with Crippen LogP contribution in [0.25, 0.3) is 0 Å². The predicted molar refractivity (Wildman–Crippen MR) is 86.5 cm³/mol. The van der Waals surface area contributed by atoms with E-state index in [9.17, 15) is 9.90 Å². The number of nitrogens with zero attached hydrogens (tertiary/aromatic N) is 1. The van der Waals surface area contributed by atoms with Crippen molar-refractivity contribution < 1.29 is 14.6 Å². The lowest BCUT2D eigenvalue weighted by Gasteiger charge is -2.07. The molecule has 21 heavy (non-hydrogen) atoms. The lowest BCUT2D eigenvalue weighted by molar-refractivity contribution is 0.0600. The first-order valence-electron chi connectivity index (χ1n) is 6.22. The number of aromatic hydroxyl groups is 1. The molecule has 0 bridgehead atoms. The van der Waals surface area contributed by atoms with Gasteiger partial charge in [0.15, 0.2) is 5.75 Å². The van der Waals surface area contributed by atoms with Crippen LogP contribution in [0.2, 0.25) is 0 Å². The molecule has 0 radical (unpaired) electrons. The number of rotatable bonds is 4. The highest BCUT2D eigenvalue weighted by Crippen LogP contribution is 2.30. The van der Waals surface area contributed by atoms with E-state index in [0.29, 0.717) is 33.2 Å². The van der Waals surface area contributed by atoms with Crippen molar-refractivity contribution >= 4 is 37.8 Å². The molecule has 6 heteroatoms. The van der Waals surface area contributed by atoms with E-state index < -0.39 is 0 Å². The van der Waals surface area contributed by atoms with E-state index in [4.69, 9.17) is 0 Å². The zero-order valence-electron chi connectivity index (χ0n) is 11.3. The molecule has 1 N–H and O–H groups in total. The van der Waals surface area contributed by atoms with E-state index in [2.05, 4.69) is 41.6 Å². The Kier molecular flexibility index (Phi) is 5.36. The topological polar surface area (TPSA) is 59.4 Å². The second kappa shape index (κ2) is 7.04. The average molecular weight is 415 g/mol. The largest absolute Gasteiger partial charge is 0.505 e. The minimum atomic E-state index is -0.350. The van der Waals surface area contributed by atoms with Crippen LogP contribution in [0.3, 0.4) is 0 Å². The smallest absolute Gasteiger partial charge is 0.337 e. The van der Waals surface area contributed by atoms with Gasteiger partial charge in [-0.1, -0.05) is 12.1 Å². The van der Waals surface area contributed by atoms with Crippen LogP contribution in [0.15, 0.2) is 39.4 Å². The Morgan fingerprint density at radius 2 is 1.90 bits per heavy atom. The highest BCUT2D eigenvalue weighted by molar-refractivity contribution is 9.11. The van der Waals surface area contributed by atoms with Gasteiger partial charge in [0.25, 0.3) is 0 Å². The summed E-state index contributed by atoms with van der Waals surface area (Å²) in [5.41, 5.74) is 2.20. The summed E-state index contributed by atoms with van der Waals surface area (Å²) in [5, 5.41) is 9.96. The first-order chi connectivity index (χ1) is 10.0. The van der Waals surface area contributed by atoms with Gasteiger partial charge in [0.05, 0.1) is 22.8 Å². The van der Waals surface area contributed by atoms with Crippen molar-refractivity contribution in [2.75, 3.05) is 7.11 Å². The Morgan fingerprint density at radius 3 is 2.52 bits per heavy atom. The van der Waals surface area contributed by atoms with Crippen molar-refractivity contribution in [2.24, 2.45) is 0 Å². The van der Waals surface area contributed by atoms with E-state index in [0.717, 1.165) is 5.56 Å². The Labute approximate surface area is 139 Å². The van der Waals surface area contributed by atoms with Crippen molar-refractivity contribution in [3.63, 3.8) is 0 Å². The van der Waals surface area contributed by atoms with Crippen molar-refractivity contribution in [3.8, 4) is 5.75 Å². The third-order valence-corrected chi connectivity index (χ3v) is 4.02. The van der Waals surface area contributed by atoms with E-state index >= 15 is 0 Å². The highest BCUT2D eigenvalue weighted by Gasteiger charge is 2.10. The van der Waals surface area contributed by atoms with Gasteiger partial charge in [-0.25, -0.2) is 9.78 Å². The average Bonchev–Trinajstić information content (AvgIpc) is 2.49. The molecule has 1 heterocycles. The second-order valence-corrected chi connectivity index (χ2v) is 6.08. The van der Waals surface area contributed by atoms with Crippen LogP contribution in [0, 0.1) is 0 Å². The molecule has 1 aromatic carbocycles. The summed E-state index contributed by atoms with van der Waals surface area (Å²) in [5.74, 6) is -0.193. The number of aryl methyl sites for hydroxylation is 2. The molecule has 0 aliphatic carbocycles. The van der Waals surface area contributed by atoms with Crippen molar-refractivity contribution in [1.29, 1.82) is 0 Å². The van der Waals surface area contributed by atoms with Crippen LogP contribution in [0.5, 0.6) is 5.75 Å². The van der Waals surface area contributed by atoms with Crippen LogP contribution in [0.4, 0.5) is 0 Å². The number of ether oxygens (including phenoxy) is 1. The lowest BCUT2D eigenvalue weighted by Crippen LogP contribution is -2.01. The number of carbonyl (C=O) groups excluding carboxylic acids is 1. The van der Waals surface area contributed by atoms with Gasteiger partial charge in [-0.05, 0) is 68.5 Å². The summed E-state index contributed by atoms with van der Waals surface area (Å²) in [4.78, 5) is 15.6. The standard InChI is InChI=1S/C15H13Br2NO3/c1-21-15(20)10-5-2-9(3-6-10)4-7-12-14(19)11(16)8-13(17)18-12/h2-3,5-6,8,19H,4,7H2,1H3. The molecule has 0 saturated carbocycles. The molecule has 0 spiro atoms. The van der Waals surface area contributed by atoms with Crippen molar-refractivity contribution in [3.05, 3.63) is 56.2 Å². The van der Waals surface area contributed by atoms with Gasteiger partial charge in [-0.2, -0.15) is 0 Å². The molecular formula is C15H13Br2NO3. The maximum absolute atomic E-state index is 11.3. The number of hydrogen-bond acceptors (Lipinski definition) is 4. The second-order valence-electron chi connectivity index (χ2n) is 4.41. The first kappa shape index (κ1) is 16.0. The molecule has 110 valence electrons. The maximum Gasteiger partial charge on any atom is 0.337 e. The summed E-state index contributed by atoms with van der Waals surface area (Å²) in [6.45, 7) is 0. The molecule has 0 aliphatic heterocycles. The Balaban J connectivity index is 2.08. The summed E-state index contributed by atoms with van der Waals surface area (Å²) >= 11 is 6.59. The van der Waals surface area contributed by atoms with Crippen molar-refractivity contribution in [1.82, 2.24) is 4.98 Å². The predicted octanol–water partition coefficient (Wildman–Crippen LogP) is 3.88. The number of pyridine rings is 1. The molecule has 0 fully saturated rings. The van der Waals surface area contributed by atoms with E-state index in [1.165, 1.54) is 7.11 Å². The molecule has 2 rings (SSSR count). The third-order valence-electron chi connectivity index (χ3n) is 3.01. The van der Waals surface area contributed by atoms with E-state index in [-0.39, 0.29) is 11.7 Å². The zero-order valence-corrected chi connectivity index (χ0v) is 14.4. The highest BCUT2D eigenvalue weighted by atomic mass is 79.9. The van der Waals surface area contributed by atoms with Gasteiger partial charge >= 0.3 is 5.97 Å². The van der Waals surface area contributed by atoms with Gasteiger partial charge in [0, 0.05) is 0 Å². The van der Waals surface area contributed by atoms with Crippen molar-refractivity contribution in [2.45, 2.75) is 12.8 Å². The fourth-order valence-electron chi connectivity index (χ4n) is 1.89. The Morgan fingerprint density at radius 1 is 1.24 bits per heavy atom. The summed E-state index contributed by atoms with van der Waals surface area (Å²) in [6, 6.07) is 8.90.